The van der Waals surface area contributed by atoms with Crippen molar-refractivity contribution >= 4 is 45.2 Å². The second-order valence-corrected chi connectivity index (χ2v) is 18.7. The molecule has 3 heterocycles. The Morgan fingerprint density at radius 3 is 0.773 bits per heavy atom. The summed E-state index contributed by atoms with van der Waals surface area (Å²) in [7, 11) is 0. The van der Waals surface area contributed by atoms with Gasteiger partial charge in [0.2, 0.25) is 0 Å². The topological polar surface area (TPSA) is 32.3 Å². The number of nitrogens with zero attached hydrogens (tertiary/aromatic N) is 4. The quantitative estimate of drug-likeness (QED) is 0.167. The van der Waals surface area contributed by atoms with Crippen molar-refractivity contribution in [3.8, 4) is 44.5 Å². The molecule has 9 aromatic carbocycles. The number of rotatable bonds is 6. The lowest BCUT2D eigenvalue weighted by Gasteiger charge is -2.44. The maximum Gasteiger partial charge on any atom is 0.115 e. The van der Waals surface area contributed by atoms with Crippen molar-refractivity contribution in [3.63, 3.8) is 0 Å². The predicted octanol–water partition coefficient (Wildman–Crippen LogP) is 16.5. The van der Waals surface area contributed by atoms with E-state index >= 15 is 0 Å². The first-order valence-corrected chi connectivity index (χ1v) is 22.9. The van der Waals surface area contributed by atoms with Crippen LogP contribution in [0.5, 0.6) is 0 Å². The van der Waals surface area contributed by atoms with Gasteiger partial charge in [0.15, 0.2) is 0 Å². The third-order valence-electron chi connectivity index (χ3n) is 14.1. The number of hydrogen-bond acceptors (Lipinski definition) is 4. The van der Waals surface area contributed by atoms with Gasteiger partial charge in [-0.05, 0) is 127 Å². The summed E-state index contributed by atoms with van der Waals surface area (Å²) in [6, 6.07) is 75.2. The highest BCUT2D eigenvalue weighted by Gasteiger charge is 2.41. The molecule has 0 spiro atoms. The average molecular weight is 849 g/mol. The van der Waals surface area contributed by atoms with Crippen molar-refractivity contribution in [1.82, 2.24) is 9.97 Å². The number of anilines is 6. The Morgan fingerprint density at radius 2 is 0.515 bits per heavy atom. The van der Waals surface area contributed by atoms with Crippen molar-refractivity contribution in [2.75, 3.05) is 9.80 Å². The summed E-state index contributed by atoms with van der Waals surface area (Å²) >= 11 is 0. The summed E-state index contributed by atoms with van der Waals surface area (Å²) in [5.74, 6) is 0. The van der Waals surface area contributed by atoms with Crippen LogP contribution in [0.15, 0.2) is 219 Å². The molecule has 0 aliphatic carbocycles. The number of fused-ring (bicyclic) bond motifs is 5. The zero-order valence-electron chi connectivity index (χ0n) is 37.6. The van der Waals surface area contributed by atoms with Crippen LogP contribution in [0.2, 0.25) is 0 Å². The molecule has 0 atom stereocenters. The molecule has 0 saturated heterocycles. The molecule has 4 heteroatoms. The average Bonchev–Trinajstić information content (AvgIpc) is 3.37. The zero-order chi connectivity index (χ0) is 44.6. The Labute approximate surface area is 387 Å². The Morgan fingerprint density at radius 1 is 0.273 bits per heavy atom. The summed E-state index contributed by atoms with van der Waals surface area (Å²) in [6.45, 7) is 9.47. The van der Waals surface area contributed by atoms with Gasteiger partial charge in [0.25, 0.3) is 0 Å². The fraction of sp³-hybridized carbons (Fsp3) is 0.0968. The first kappa shape index (κ1) is 39.5. The van der Waals surface area contributed by atoms with Gasteiger partial charge in [-0.2, -0.15) is 0 Å². The van der Waals surface area contributed by atoms with Gasteiger partial charge in [0.05, 0.1) is 34.1 Å². The summed E-state index contributed by atoms with van der Waals surface area (Å²) in [4.78, 5) is 15.3. The van der Waals surface area contributed by atoms with Gasteiger partial charge in [0.1, 0.15) is 11.0 Å². The summed E-state index contributed by atoms with van der Waals surface area (Å²) in [5, 5.41) is 0. The summed E-state index contributed by atoms with van der Waals surface area (Å²) in [6.07, 6.45) is 3.67. The first-order chi connectivity index (χ1) is 32.3. The molecule has 2 aliphatic heterocycles. The summed E-state index contributed by atoms with van der Waals surface area (Å²) < 4.78 is 0. The number of hydrogen-bond donors (Lipinski definition) is 0. The molecule has 10 aromatic rings. The van der Waals surface area contributed by atoms with E-state index in [1.165, 1.54) is 66.8 Å². The molecular weight excluding hydrogens is 801 g/mol. The molecule has 1 aromatic heterocycles. The molecular formula is C62H48N4. The van der Waals surface area contributed by atoms with Crippen LogP contribution in [0.25, 0.3) is 55.5 Å². The normalized spacial score (nSPS) is 14.2. The second kappa shape index (κ2) is 15.3. The SMILES string of the molecule is CC1(C)c2cc(-c3ccccc3)ccc2N(c2ccc(N3c4ccc(-c5ccccc5)cc4C(C)(C)c4cc(-c5ccccc5)ccc43)c3nccnc23)c2ccc(-c3ccccc3)cc21. The smallest absolute Gasteiger partial charge is 0.115 e. The van der Waals surface area contributed by atoms with Crippen LogP contribution >= 0.6 is 0 Å². The number of aromatic nitrogens is 2. The molecule has 4 nitrogen and oxygen atoms in total. The van der Waals surface area contributed by atoms with Crippen molar-refractivity contribution in [3.05, 3.63) is 241 Å². The van der Waals surface area contributed by atoms with E-state index in [9.17, 15) is 0 Å². The second-order valence-electron chi connectivity index (χ2n) is 18.7. The van der Waals surface area contributed by atoms with Gasteiger partial charge < -0.3 is 9.80 Å². The molecule has 0 saturated carbocycles. The van der Waals surface area contributed by atoms with Crippen LogP contribution in [-0.2, 0) is 10.8 Å². The Balaban J connectivity index is 1.08. The van der Waals surface area contributed by atoms with E-state index in [1.807, 2.05) is 12.4 Å². The molecule has 0 amide bonds. The van der Waals surface area contributed by atoms with Crippen LogP contribution in [-0.4, -0.2) is 9.97 Å². The molecule has 12 rings (SSSR count). The van der Waals surface area contributed by atoms with Crippen LogP contribution in [0.4, 0.5) is 34.1 Å². The van der Waals surface area contributed by atoms with Gasteiger partial charge in [-0.1, -0.05) is 173 Å². The van der Waals surface area contributed by atoms with E-state index in [-0.39, 0.29) is 10.8 Å². The van der Waals surface area contributed by atoms with Crippen molar-refractivity contribution in [1.29, 1.82) is 0 Å². The number of benzene rings is 9. The Hall–Kier alpha value is -8.08. The fourth-order valence-corrected chi connectivity index (χ4v) is 10.6. The minimum atomic E-state index is -0.316. The van der Waals surface area contributed by atoms with Crippen molar-refractivity contribution < 1.29 is 0 Å². The van der Waals surface area contributed by atoms with Crippen LogP contribution in [0.3, 0.4) is 0 Å². The minimum Gasteiger partial charge on any atom is -0.308 e. The molecule has 0 radical (unpaired) electrons. The highest BCUT2D eigenvalue weighted by Crippen LogP contribution is 2.57. The van der Waals surface area contributed by atoms with Crippen LogP contribution in [0, 0.1) is 0 Å². The van der Waals surface area contributed by atoms with Crippen LogP contribution < -0.4 is 9.80 Å². The predicted molar refractivity (Wildman–Crippen MR) is 275 cm³/mol. The van der Waals surface area contributed by atoms with E-state index in [1.54, 1.807) is 0 Å². The Kier molecular flexibility index (Phi) is 9.15. The van der Waals surface area contributed by atoms with E-state index in [4.69, 9.17) is 9.97 Å². The first-order valence-electron chi connectivity index (χ1n) is 22.9. The zero-order valence-corrected chi connectivity index (χ0v) is 37.6. The fourth-order valence-electron chi connectivity index (χ4n) is 10.6. The molecule has 2 aliphatic rings. The lowest BCUT2D eigenvalue weighted by atomic mass is 9.72. The van der Waals surface area contributed by atoms with E-state index < -0.39 is 0 Å². The van der Waals surface area contributed by atoms with Crippen molar-refractivity contribution in [2.24, 2.45) is 0 Å². The maximum absolute atomic E-state index is 5.24. The minimum absolute atomic E-state index is 0.316. The molecule has 0 fully saturated rings. The third kappa shape index (κ3) is 6.28. The molecule has 0 unspecified atom stereocenters. The lowest BCUT2D eigenvalue weighted by Crippen LogP contribution is -2.31. The standard InChI is InChI=1S/C62H48N4/c1-61(2)49-37-45(41-17-9-5-10-18-41)25-29-53(49)65(54-30-26-46(38-50(54)61)42-19-11-6-12-20-42)57-33-34-58(60-59(57)63-35-36-64-60)66-55-31-27-47(43-21-13-7-14-22-43)39-51(55)62(3,4)52-40-48(28-32-56(52)66)44-23-15-8-16-24-44/h5-40H,1-4H3. The van der Waals surface area contributed by atoms with E-state index in [2.05, 4.69) is 244 Å². The Bertz CT molecular complexity index is 3050. The van der Waals surface area contributed by atoms with Crippen LogP contribution in [0.1, 0.15) is 49.9 Å². The maximum atomic E-state index is 5.24. The van der Waals surface area contributed by atoms with Crippen molar-refractivity contribution in [2.45, 2.75) is 38.5 Å². The lowest BCUT2D eigenvalue weighted by molar-refractivity contribution is 0.632. The molecule has 0 N–H and O–H groups in total. The van der Waals surface area contributed by atoms with Gasteiger partial charge in [0, 0.05) is 23.2 Å². The van der Waals surface area contributed by atoms with Gasteiger partial charge in [-0.3, -0.25) is 9.97 Å². The van der Waals surface area contributed by atoms with Gasteiger partial charge >= 0.3 is 0 Å². The van der Waals surface area contributed by atoms with E-state index in [0.717, 1.165) is 45.2 Å². The monoisotopic (exact) mass is 848 g/mol. The highest BCUT2D eigenvalue weighted by molar-refractivity contribution is 6.06. The van der Waals surface area contributed by atoms with E-state index in [0.29, 0.717) is 0 Å². The van der Waals surface area contributed by atoms with Gasteiger partial charge in [-0.25, -0.2) is 0 Å². The third-order valence-corrected chi connectivity index (χ3v) is 14.1. The molecule has 0 bridgehead atoms. The largest absolute Gasteiger partial charge is 0.308 e. The molecule has 316 valence electrons. The summed E-state index contributed by atoms with van der Waals surface area (Å²) in [5.41, 5.74) is 22.1. The highest BCUT2D eigenvalue weighted by atomic mass is 15.2. The molecule has 66 heavy (non-hydrogen) atoms. The van der Waals surface area contributed by atoms with Gasteiger partial charge in [-0.15, -0.1) is 0 Å².